The maximum absolute atomic E-state index is 13.0. The van der Waals surface area contributed by atoms with Crippen LogP contribution in [0.3, 0.4) is 0 Å². The number of ether oxygens (including phenoxy) is 2. The third-order valence-corrected chi connectivity index (χ3v) is 5.23. The monoisotopic (exact) mass is 427 g/mol. The van der Waals surface area contributed by atoms with Crippen molar-refractivity contribution >= 4 is 17.4 Å². The minimum absolute atomic E-state index is 0.0219. The van der Waals surface area contributed by atoms with E-state index < -0.39 is 17.7 Å². The molecule has 7 nitrogen and oxygen atoms in total. The largest absolute Gasteiger partial charge is 0.507 e. The maximum atomic E-state index is 13.0. The SMILES string of the molecule is COc1ccc(/C(O)=C2/C(=O)C(=O)N(CCCOC(C)C)C2c2ccc(C)o2)cc1C. The van der Waals surface area contributed by atoms with Gasteiger partial charge < -0.3 is 23.9 Å². The van der Waals surface area contributed by atoms with Crippen LogP contribution < -0.4 is 4.74 Å². The van der Waals surface area contributed by atoms with E-state index in [4.69, 9.17) is 13.9 Å². The molecule has 1 aliphatic rings. The van der Waals surface area contributed by atoms with Crippen LogP contribution in [-0.2, 0) is 14.3 Å². The summed E-state index contributed by atoms with van der Waals surface area (Å²) >= 11 is 0. The summed E-state index contributed by atoms with van der Waals surface area (Å²) in [6, 6.07) is 7.81. The second-order valence-electron chi connectivity index (χ2n) is 7.90. The average molecular weight is 427 g/mol. The van der Waals surface area contributed by atoms with Gasteiger partial charge in [0.05, 0.1) is 18.8 Å². The zero-order valence-corrected chi connectivity index (χ0v) is 18.6. The number of carbonyl (C=O) groups excluding carboxylic acids is 2. The zero-order chi connectivity index (χ0) is 22.7. The molecule has 0 aliphatic carbocycles. The van der Waals surface area contributed by atoms with Gasteiger partial charge in [0.15, 0.2) is 0 Å². The number of methoxy groups -OCH3 is 1. The maximum Gasteiger partial charge on any atom is 0.295 e. The summed E-state index contributed by atoms with van der Waals surface area (Å²) in [6.45, 7) is 8.28. The van der Waals surface area contributed by atoms with E-state index >= 15 is 0 Å². The van der Waals surface area contributed by atoms with Crippen molar-refractivity contribution in [2.24, 2.45) is 0 Å². The molecule has 1 amide bonds. The van der Waals surface area contributed by atoms with Crippen LogP contribution in [-0.4, -0.2) is 48.1 Å². The lowest BCUT2D eigenvalue weighted by molar-refractivity contribution is -0.140. The van der Waals surface area contributed by atoms with Crippen LogP contribution in [0.2, 0.25) is 0 Å². The van der Waals surface area contributed by atoms with Gasteiger partial charge in [-0.2, -0.15) is 0 Å². The topological polar surface area (TPSA) is 89.2 Å². The van der Waals surface area contributed by atoms with E-state index in [-0.39, 0.29) is 17.4 Å². The average Bonchev–Trinajstić information content (AvgIpc) is 3.26. The fourth-order valence-corrected chi connectivity index (χ4v) is 3.74. The number of carbonyl (C=O) groups is 2. The number of likely N-dealkylation sites (tertiary alicyclic amines) is 1. The van der Waals surface area contributed by atoms with Crippen molar-refractivity contribution in [3.63, 3.8) is 0 Å². The van der Waals surface area contributed by atoms with Crippen molar-refractivity contribution < 1.29 is 28.6 Å². The van der Waals surface area contributed by atoms with Gasteiger partial charge in [-0.15, -0.1) is 0 Å². The fraction of sp³-hybridized carbons (Fsp3) is 0.417. The number of aryl methyl sites for hydroxylation is 2. The Hall–Kier alpha value is -3.06. The molecule has 0 radical (unpaired) electrons. The number of aliphatic hydroxyl groups is 1. The first kappa shape index (κ1) is 22.6. The summed E-state index contributed by atoms with van der Waals surface area (Å²) in [5.41, 5.74) is 1.26. The summed E-state index contributed by atoms with van der Waals surface area (Å²) in [5.74, 6) is 0.145. The first-order valence-electron chi connectivity index (χ1n) is 10.4. The molecule has 31 heavy (non-hydrogen) atoms. The van der Waals surface area contributed by atoms with E-state index in [1.165, 1.54) is 4.90 Å². The molecular weight excluding hydrogens is 398 g/mol. The number of rotatable bonds is 8. The zero-order valence-electron chi connectivity index (χ0n) is 18.6. The molecule has 0 saturated carbocycles. The molecule has 3 rings (SSSR count). The number of hydrogen-bond donors (Lipinski definition) is 1. The first-order chi connectivity index (χ1) is 14.7. The van der Waals surface area contributed by atoms with Crippen LogP contribution in [0, 0.1) is 13.8 Å². The summed E-state index contributed by atoms with van der Waals surface area (Å²) in [6.07, 6.45) is 0.639. The summed E-state index contributed by atoms with van der Waals surface area (Å²) < 4.78 is 16.6. The van der Waals surface area contributed by atoms with E-state index in [0.717, 1.165) is 5.56 Å². The standard InChI is InChI=1S/C24H29NO6/c1-14(2)30-12-6-11-25-21(19-9-7-16(4)31-19)20(23(27)24(25)28)22(26)17-8-10-18(29-5)15(3)13-17/h7-10,13-14,21,26H,6,11-12H2,1-5H3/b22-20-. The van der Waals surface area contributed by atoms with E-state index in [1.807, 2.05) is 20.8 Å². The molecule has 166 valence electrons. The summed E-state index contributed by atoms with van der Waals surface area (Å²) in [7, 11) is 1.57. The van der Waals surface area contributed by atoms with Crippen LogP contribution in [0.5, 0.6) is 5.75 Å². The fourth-order valence-electron chi connectivity index (χ4n) is 3.74. The highest BCUT2D eigenvalue weighted by Crippen LogP contribution is 2.40. The molecule has 1 N–H and O–H groups in total. The van der Waals surface area contributed by atoms with Crippen molar-refractivity contribution in [1.29, 1.82) is 0 Å². The predicted molar refractivity (Wildman–Crippen MR) is 116 cm³/mol. The van der Waals surface area contributed by atoms with Gasteiger partial charge in [0.2, 0.25) is 0 Å². The number of amides is 1. The molecule has 2 aromatic rings. The lowest BCUT2D eigenvalue weighted by atomic mass is 9.98. The molecule has 7 heteroatoms. The molecule has 1 unspecified atom stereocenters. The normalized spacial score (nSPS) is 18.3. The van der Waals surface area contributed by atoms with Gasteiger partial charge in [-0.05, 0) is 70.0 Å². The molecule has 1 aromatic heterocycles. The second-order valence-corrected chi connectivity index (χ2v) is 7.90. The smallest absolute Gasteiger partial charge is 0.295 e. The molecule has 1 aromatic carbocycles. The van der Waals surface area contributed by atoms with Crippen molar-refractivity contribution in [3.05, 3.63) is 58.6 Å². The number of aliphatic hydroxyl groups excluding tert-OH is 1. The van der Waals surface area contributed by atoms with E-state index in [2.05, 4.69) is 0 Å². The lowest BCUT2D eigenvalue weighted by Gasteiger charge is -2.23. The minimum atomic E-state index is -0.796. The third-order valence-electron chi connectivity index (χ3n) is 5.23. The van der Waals surface area contributed by atoms with Gasteiger partial charge in [-0.25, -0.2) is 0 Å². The van der Waals surface area contributed by atoms with Gasteiger partial charge >= 0.3 is 0 Å². The van der Waals surface area contributed by atoms with Crippen LogP contribution in [0.25, 0.3) is 5.76 Å². The van der Waals surface area contributed by atoms with E-state index in [0.29, 0.717) is 42.4 Å². The number of ketones is 1. The minimum Gasteiger partial charge on any atom is -0.507 e. The van der Waals surface area contributed by atoms with Crippen molar-refractivity contribution in [3.8, 4) is 5.75 Å². The molecule has 1 aliphatic heterocycles. The Balaban J connectivity index is 2.02. The number of Topliss-reactive ketones (excluding diaryl/α,β-unsaturated/α-hetero) is 1. The Kier molecular flexibility index (Phi) is 6.85. The Bertz CT molecular complexity index is 1000. The van der Waals surface area contributed by atoms with Gasteiger partial charge in [0.25, 0.3) is 11.7 Å². The highest BCUT2D eigenvalue weighted by Gasteiger charge is 2.47. The molecule has 2 heterocycles. The predicted octanol–water partition coefficient (Wildman–Crippen LogP) is 4.14. The van der Waals surface area contributed by atoms with Crippen LogP contribution in [0.15, 0.2) is 40.3 Å². The van der Waals surface area contributed by atoms with E-state index in [9.17, 15) is 14.7 Å². The molecule has 1 fully saturated rings. The Morgan fingerprint density at radius 2 is 1.94 bits per heavy atom. The molecule has 0 spiro atoms. The van der Waals surface area contributed by atoms with E-state index in [1.54, 1.807) is 44.4 Å². The Morgan fingerprint density at radius 3 is 2.52 bits per heavy atom. The van der Waals surface area contributed by atoms with Crippen molar-refractivity contribution in [2.45, 2.75) is 46.3 Å². The lowest BCUT2D eigenvalue weighted by Crippen LogP contribution is -2.31. The highest BCUT2D eigenvalue weighted by molar-refractivity contribution is 6.46. The quantitative estimate of drug-likeness (QED) is 0.295. The molecular formula is C24H29NO6. The molecule has 1 atom stereocenters. The number of hydrogen-bond acceptors (Lipinski definition) is 6. The van der Waals surface area contributed by atoms with Crippen LogP contribution >= 0.6 is 0 Å². The van der Waals surface area contributed by atoms with Gasteiger partial charge in [0, 0.05) is 18.7 Å². The second kappa shape index (κ2) is 9.39. The molecule has 0 bridgehead atoms. The Morgan fingerprint density at radius 1 is 1.19 bits per heavy atom. The summed E-state index contributed by atoms with van der Waals surface area (Å²) in [5, 5.41) is 11.1. The molecule has 1 saturated heterocycles. The number of benzene rings is 1. The van der Waals surface area contributed by atoms with Gasteiger partial charge in [-0.3, -0.25) is 9.59 Å². The number of furan rings is 1. The Labute approximate surface area is 182 Å². The summed E-state index contributed by atoms with van der Waals surface area (Å²) in [4.78, 5) is 27.3. The van der Waals surface area contributed by atoms with Gasteiger partial charge in [0.1, 0.15) is 29.1 Å². The van der Waals surface area contributed by atoms with Gasteiger partial charge in [-0.1, -0.05) is 0 Å². The van der Waals surface area contributed by atoms with Crippen molar-refractivity contribution in [2.75, 3.05) is 20.3 Å². The first-order valence-corrected chi connectivity index (χ1v) is 10.4. The third kappa shape index (κ3) is 4.66. The van der Waals surface area contributed by atoms with Crippen LogP contribution in [0.4, 0.5) is 0 Å². The number of nitrogens with zero attached hydrogens (tertiary/aromatic N) is 1. The van der Waals surface area contributed by atoms with Crippen LogP contribution in [0.1, 0.15) is 49.0 Å². The van der Waals surface area contributed by atoms with Crippen molar-refractivity contribution in [1.82, 2.24) is 4.90 Å². The highest BCUT2D eigenvalue weighted by atomic mass is 16.5.